The first-order valence-corrected chi connectivity index (χ1v) is 5.99. The van der Waals surface area contributed by atoms with Crippen LogP contribution in [-0.4, -0.2) is 44.6 Å². The SMILES string of the molecule is NCC1(NCC2CCCO2)CCCOC1. The molecule has 2 heterocycles. The molecule has 3 N–H and O–H groups in total. The Balaban J connectivity index is 1.78. The lowest BCUT2D eigenvalue weighted by Crippen LogP contribution is -2.58. The number of hydrogen-bond donors (Lipinski definition) is 2. The summed E-state index contributed by atoms with van der Waals surface area (Å²) in [5.74, 6) is 0. The molecule has 2 atom stereocenters. The average Bonchev–Trinajstić information content (AvgIpc) is 2.81. The molecule has 0 aliphatic carbocycles. The van der Waals surface area contributed by atoms with Gasteiger partial charge >= 0.3 is 0 Å². The van der Waals surface area contributed by atoms with Crippen molar-refractivity contribution in [2.45, 2.75) is 37.3 Å². The number of hydrogen-bond acceptors (Lipinski definition) is 4. The normalized spacial score (nSPS) is 37.0. The third-order valence-corrected chi connectivity index (χ3v) is 3.44. The first-order chi connectivity index (χ1) is 7.35. The zero-order valence-corrected chi connectivity index (χ0v) is 9.34. The van der Waals surface area contributed by atoms with Crippen molar-refractivity contribution in [1.29, 1.82) is 0 Å². The van der Waals surface area contributed by atoms with Crippen molar-refractivity contribution in [3.63, 3.8) is 0 Å². The van der Waals surface area contributed by atoms with E-state index in [9.17, 15) is 0 Å². The Kier molecular flexibility index (Phi) is 3.97. The lowest BCUT2D eigenvalue weighted by atomic mass is 9.92. The van der Waals surface area contributed by atoms with Crippen molar-refractivity contribution >= 4 is 0 Å². The fourth-order valence-electron chi connectivity index (χ4n) is 2.36. The average molecular weight is 214 g/mol. The minimum absolute atomic E-state index is 0.00417. The van der Waals surface area contributed by atoms with Crippen molar-refractivity contribution in [2.24, 2.45) is 5.73 Å². The zero-order valence-electron chi connectivity index (χ0n) is 9.34. The summed E-state index contributed by atoms with van der Waals surface area (Å²) in [6.45, 7) is 4.11. The first kappa shape index (κ1) is 11.3. The van der Waals surface area contributed by atoms with Crippen LogP contribution in [-0.2, 0) is 9.47 Å². The third-order valence-electron chi connectivity index (χ3n) is 3.44. The van der Waals surface area contributed by atoms with Gasteiger partial charge in [-0.25, -0.2) is 0 Å². The third kappa shape index (κ3) is 2.91. The summed E-state index contributed by atoms with van der Waals surface area (Å²) in [6, 6.07) is 0. The Labute approximate surface area is 91.5 Å². The molecular formula is C11H22N2O2. The Bertz CT molecular complexity index is 187. The maximum Gasteiger partial charge on any atom is 0.0700 e. The monoisotopic (exact) mass is 214 g/mol. The molecule has 2 saturated heterocycles. The molecule has 0 radical (unpaired) electrons. The second-order valence-electron chi connectivity index (χ2n) is 4.66. The van der Waals surface area contributed by atoms with Crippen LogP contribution in [0, 0.1) is 0 Å². The Hall–Kier alpha value is -0.160. The molecule has 88 valence electrons. The van der Waals surface area contributed by atoms with Crippen LogP contribution in [0.2, 0.25) is 0 Å². The highest BCUT2D eigenvalue weighted by atomic mass is 16.5. The van der Waals surface area contributed by atoms with Gasteiger partial charge in [-0.15, -0.1) is 0 Å². The predicted octanol–water partition coefficient (Wildman–Crippen LogP) is 0.263. The van der Waals surface area contributed by atoms with E-state index in [0.29, 0.717) is 12.6 Å². The molecule has 2 unspecified atom stereocenters. The molecule has 0 saturated carbocycles. The fraction of sp³-hybridized carbons (Fsp3) is 1.00. The lowest BCUT2D eigenvalue weighted by molar-refractivity contribution is 0.0152. The van der Waals surface area contributed by atoms with Crippen LogP contribution in [0.5, 0.6) is 0 Å². The van der Waals surface area contributed by atoms with Crippen LogP contribution in [0.1, 0.15) is 25.7 Å². The summed E-state index contributed by atoms with van der Waals surface area (Å²) in [6.07, 6.45) is 4.98. The first-order valence-electron chi connectivity index (χ1n) is 5.99. The van der Waals surface area contributed by atoms with E-state index in [1.54, 1.807) is 0 Å². The Morgan fingerprint density at radius 1 is 1.33 bits per heavy atom. The fourth-order valence-corrected chi connectivity index (χ4v) is 2.36. The van der Waals surface area contributed by atoms with Crippen molar-refractivity contribution < 1.29 is 9.47 Å². The molecule has 0 amide bonds. The second kappa shape index (κ2) is 5.25. The maximum absolute atomic E-state index is 5.84. The summed E-state index contributed by atoms with van der Waals surface area (Å²) >= 11 is 0. The van der Waals surface area contributed by atoms with E-state index in [-0.39, 0.29) is 5.54 Å². The van der Waals surface area contributed by atoms with Gasteiger partial charge < -0.3 is 20.5 Å². The van der Waals surface area contributed by atoms with E-state index in [4.69, 9.17) is 15.2 Å². The number of ether oxygens (including phenoxy) is 2. The molecule has 4 nitrogen and oxygen atoms in total. The van der Waals surface area contributed by atoms with E-state index in [1.807, 2.05) is 0 Å². The van der Waals surface area contributed by atoms with Crippen molar-refractivity contribution in [3.8, 4) is 0 Å². The van der Waals surface area contributed by atoms with Gasteiger partial charge in [-0.2, -0.15) is 0 Å². The molecule has 15 heavy (non-hydrogen) atoms. The standard InChI is InChI=1S/C11H22N2O2/c12-8-11(4-2-5-14-9-11)13-7-10-3-1-6-15-10/h10,13H,1-9,12H2. The van der Waals surface area contributed by atoms with Crippen LogP contribution >= 0.6 is 0 Å². The van der Waals surface area contributed by atoms with E-state index in [1.165, 1.54) is 12.8 Å². The summed E-state index contributed by atoms with van der Waals surface area (Å²) in [5, 5.41) is 3.55. The van der Waals surface area contributed by atoms with Crippen molar-refractivity contribution in [1.82, 2.24) is 5.32 Å². The molecular weight excluding hydrogens is 192 g/mol. The topological polar surface area (TPSA) is 56.5 Å². The second-order valence-corrected chi connectivity index (χ2v) is 4.66. The Morgan fingerprint density at radius 3 is 2.87 bits per heavy atom. The van der Waals surface area contributed by atoms with Gasteiger partial charge in [-0.1, -0.05) is 0 Å². The van der Waals surface area contributed by atoms with Crippen molar-refractivity contribution in [2.75, 3.05) is 32.9 Å². The lowest BCUT2D eigenvalue weighted by Gasteiger charge is -2.37. The van der Waals surface area contributed by atoms with Gasteiger partial charge in [0.05, 0.1) is 18.2 Å². The zero-order chi connectivity index (χ0) is 10.6. The molecule has 0 aromatic heterocycles. The molecule has 0 bridgehead atoms. The molecule has 2 rings (SSSR count). The van der Waals surface area contributed by atoms with Gasteiger partial charge in [-0.05, 0) is 25.7 Å². The molecule has 0 spiro atoms. The van der Waals surface area contributed by atoms with E-state index >= 15 is 0 Å². The van der Waals surface area contributed by atoms with Crippen LogP contribution in [0.4, 0.5) is 0 Å². The number of nitrogens with one attached hydrogen (secondary N) is 1. The quantitative estimate of drug-likeness (QED) is 0.705. The predicted molar refractivity (Wildman–Crippen MR) is 58.8 cm³/mol. The summed E-state index contributed by atoms with van der Waals surface area (Å²) < 4.78 is 11.1. The van der Waals surface area contributed by atoms with Gasteiger partial charge in [0.15, 0.2) is 0 Å². The smallest absolute Gasteiger partial charge is 0.0700 e. The van der Waals surface area contributed by atoms with Gasteiger partial charge in [0.1, 0.15) is 0 Å². The van der Waals surface area contributed by atoms with Crippen LogP contribution in [0.3, 0.4) is 0 Å². The largest absolute Gasteiger partial charge is 0.379 e. The van der Waals surface area contributed by atoms with E-state index in [0.717, 1.165) is 39.2 Å². The molecule has 0 aromatic carbocycles. The van der Waals surface area contributed by atoms with E-state index < -0.39 is 0 Å². The summed E-state index contributed by atoms with van der Waals surface area (Å²) in [7, 11) is 0. The minimum atomic E-state index is 0.00417. The number of rotatable bonds is 4. The Morgan fingerprint density at radius 2 is 2.27 bits per heavy atom. The molecule has 2 aliphatic heterocycles. The van der Waals surface area contributed by atoms with E-state index in [2.05, 4.69) is 5.32 Å². The number of nitrogens with two attached hydrogens (primary N) is 1. The van der Waals surface area contributed by atoms with Gasteiger partial charge in [0.2, 0.25) is 0 Å². The van der Waals surface area contributed by atoms with Gasteiger partial charge in [0, 0.05) is 26.3 Å². The highest BCUT2D eigenvalue weighted by Crippen LogP contribution is 2.19. The molecule has 2 aliphatic rings. The highest BCUT2D eigenvalue weighted by molar-refractivity contribution is 4.92. The van der Waals surface area contributed by atoms with Crippen molar-refractivity contribution in [3.05, 3.63) is 0 Å². The highest BCUT2D eigenvalue weighted by Gasteiger charge is 2.32. The van der Waals surface area contributed by atoms with Crippen LogP contribution < -0.4 is 11.1 Å². The van der Waals surface area contributed by atoms with Gasteiger partial charge in [0.25, 0.3) is 0 Å². The minimum Gasteiger partial charge on any atom is -0.379 e. The molecule has 4 heteroatoms. The van der Waals surface area contributed by atoms with Gasteiger partial charge in [-0.3, -0.25) is 0 Å². The summed E-state index contributed by atoms with van der Waals surface area (Å²) in [4.78, 5) is 0. The summed E-state index contributed by atoms with van der Waals surface area (Å²) in [5.41, 5.74) is 5.84. The van der Waals surface area contributed by atoms with Crippen LogP contribution in [0.25, 0.3) is 0 Å². The molecule has 2 fully saturated rings. The van der Waals surface area contributed by atoms with Crippen LogP contribution in [0.15, 0.2) is 0 Å². The maximum atomic E-state index is 5.84. The molecule has 0 aromatic rings.